The molecule has 0 unspecified atom stereocenters. The third-order valence-corrected chi connectivity index (χ3v) is 2.42. The Labute approximate surface area is 62.8 Å². The van der Waals surface area contributed by atoms with Crippen molar-refractivity contribution in [2.75, 3.05) is 0 Å². The molecule has 0 aromatic rings. The predicted octanol–water partition coefficient (Wildman–Crippen LogP) is 2.22. The Morgan fingerprint density at radius 3 is 1.90 bits per heavy atom. The minimum atomic E-state index is 0.126. The Bertz CT molecular complexity index is 209. The molecular weight excluding hydrogens is 122 g/mol. The van der Waals surface area contributed by atoms with Crippen LogP contribution in [0.15, 0.2) is 23.4 Å². The zero-order valence-electron chi connectivity index (χ0n) is 7.21. The van der Waals surface area contributed by atoms with Gasteiger partial charge in [0.2, 0.25) is 0 Å². The Morgan fingerprint density at radius 2 is 1.80 bits per heavy atom. The van der Waals surface area contributed by atoms with Crippen LogP contribution in [-0.4, -0.2) is 5.54 Å². The Balaban J connectivity index is 3.06. The lowest BCUT2D eigenvalue weighted by Crippen LogP contribution is -2.33. The summed E-state index contributed by atoms with van der Waals surface area (Å²) in [6.45, 7) is 12.5. The molecule has 1 N–H and O–H groups in total. The van der Waals surface area contributed by atoms with Gasteiger partial charge < -0.3 is 5.32 Å². The van der Waals surface area contributed by atoms with Crippen LogP contribution in [0.2, 0.25) is 0 Å². The van der Waals surface area contributed by atoms with Gasteiger partial charge in [-0.25, -0.2) is 0 Å². The molecule has 0 amide bonds. The summed E-state index contributed by atoms with van der Waals surface area (Å²) in [6.07, 6.45) is 0. The first-order valence-electron chi connectivity index (χ1n) is 3.60. The third kappa shape index (κ3) is 0.859. The lowest BCUT2D eigenvalue weighted by Gasteiger charge is -2.21. The topological polar surface area (TPSA) is 12.0 Å². The quantitative estimate of drug-likeness (QED) is 0.540. The highest BCUT2D eigenvalue weighted by Crippen LogP contribution is 2.29. The van der Waals surface area contributed by atoms with E-state index in [1.807, 2.05) is 0 Å². The van der Waals surface area contributed by atoms with Gasteiger partial charge >= 0.3 is 0 Å². The average molecular weight is 137 g/mol. The smallest absolute Gasteiger partial charge is 0.0532 e. The van der Waals surface area contributed by atoms with Gasteiger partial charge in [-0.2, -0.15) is 0 Å². The Kier molecular flexibility index (Phi) is 1.39. The number of hydrogen-bond acceptors (Lipinski definition) is 1. The summed E-state index contributed by atoms with van der Waals surface area (Å²) in [6, 6.07) is 0. The zero-order valence-corrected chi connectivity index (χ0v) is 7.21. The molecule has 10 heavy (non-hydrogen) atoms. The molecule has 0 aliphatic carbocycles. The maximum atomic E-state index is 3.91. The summed E-state index contributed by atoms with van der Waals surface area (Å²) in [5.74, 6) is 0. The second-order valence-electron chi connectivity index (χ2n) is 3.48. The molecule has 0 fully saturated rings. The van der Waals surface area contributed by atoms with Crippen LogP contribution in [0.1, 0.15) is 27.7 Å². The second-order valence-corrected chi connectivity index (χ2v) is 3.48. The number of hydrogen-bond donors (Lipinski definition) is 1. The highest BCUT2D eigenvalue weighted by atomic mass is 15.0. The molecule has 0 spiro atoms. The predicted molar refractivity (Wildman–Crippen MR) is 44.7 cm³/mol. The van der Waals surface area contributed by atoms with Crippen molar-refractivity contribution in [3.8, 4) is 0 Å². The monoisotopic (exact) mass is 137 g/mol. The van der Waals surface area contributed by atoms with Gasteiger partial charge in [-0.05, 0) is 38.8 Å². The summed E-state index contributed by atoms with van der Waals surface area (Å²) in [4.78, 5) is 0. The van der Waals surface area contributed by atoms with E-state index >= 15 is 0 Å². The van der Waals surface area contributed by atoms with E-state index in [4.69, 9.17) is 0 Å². The van der Waals surface area contributed by atoms with E-state index < -0.39 is 0 Å². The van der Waals surface area contributed by atoms with E-state index in [1.54, 1.807) is 0 Å². The highest BCUT2D eigenvalue weighted by Gasteiger charge is 2.28. The molecule has 0 atom stereocenters. The minimum Gasteiger partial charge on any atom is -0.377 e. The molecule has 0 aromatic heterocycles. The van der Waals surface area contributed by atoms with Crippen LogP contribution in [0.25, 0.3) is 0 Å². The third-order valence-electron chi connectivity index (χ3n) is 2.42. The standard InChI is InChI=1S/C9H15N/c1-6-7(2)9(4,5)10-8(6)3/h10H,3H2,1-2,4-5H3. The molecule has 0 bridgehead atoms. The molecule has 56 valence electrons. The normalized spacial score (nSPS) is 23.4. The van der Waals surface area contributed by atoms with Crippen LogP contribution < -0.4 is 5.32 Å². The molecule has 1 aliphatic rings. The van der Waals surface area contributed by atoms with Crippen LogP contribution >= 0.6 is 0 Å². The van der Waals surface area contributed by atoms with Crippen molar-refractivity contribution in [1.29, 1.82) is 0 Å². The minimum absolute atomic E-state index is 0.126. The fourth-order valence-electron chi connectivity index (χ4n) is 1.26. The van der Waals surface area contributed by atoms with Crippen LogP contribution in [0.4, 0.5) is 0 Å². The summed E-state index contributed by atoms with van der Waals surface area (Å²) in [5.41, 5.74) is 3.91. The number of nitrogens with one attached hydrogen (secondary N) is 1. The first kappa shape index (κ1) is 7.39. The van der Waals surface area contributed by atoms with Gasteiger partial charge in [-0.1, -0.05) is 6.58 Å². The van der Waals surface area contributed by atoms with E-state index in [0.29, 0.717) is 0 Å². The van der Waals surface area contributed by atoms with Gasteiger partial charge in [0.1, 0.15) is 0 Å². The molecule has 0 saturated heterocycles. The molecule has 1 heterocycles. The molecular formula is C9H15N. The van der Waals surface area contributed by atoms with Crippen LogP contribution in [0.5, 0.6) is 0 Å². The summed E-state index contributed by atoms with van der Waals surface area (Å²) < 4.78 is 0. The molecule has 0 saturated carbocycles. The van der Waals surface area contributed by atoms with Crippen molar-refractivity contribution >= 4 is 0 Å². The maximum Gasteiger partial charge on any atom is 0.0532 e. The van der Waals surface area contributed by atoms with E-state index in [9.17, 15) is 0 Å². The highest BCUT2D eigenvalue weighted by molar-refractivity contribution is 5.42. The first-order valence-corrected chi connectivity index (χ1v) is 3.60. The summed E-state index contributed by atoms with van der Waals surface area (Å²) in [5, 5.41) is 3.32. The molecule has 1 heteroatoms. The summed E-state index contributed by atoms with van der Waals surface area (Å²) in [7, 11) is 0. The van der Waals surface area contributed by atoms with E-state index in [1.165, 1.54) is 11.1 Å². The van der Waals surface area contributed by atoms with Crippen LogP contribution in [0.3, 0.4) is 0 Å². The molecule has 0 aromatic carbocycles. The van der Waals surface area contributed by atoms with Crippen molar-refractivity contribution in [3.63, 3.8) is 0 Å². The van der Waals surface area contributed by atoms with Crippen molar-refractivity contribution in [1.82, 2.24) is 5.32 Å². The van der Waals surface area contributed by atoms with Crippen LogP contribution in [-0.2, 0) is 0 Å². The SMILES string of the molecule is C=C1NC(C)(C)C(C)=C1C. The average Bonchev–Trinajstić information content (AvgIpc) is 1.95. The van der Waals surface area contributed by atoms with Crippen molar-refractivity contribution in [2.45, 2.75) is 33.2 Å². The van der Waals surface area contributed by atoms with Gasteiger partial charge in [-0.15, -0.1) is 0 Å². The van der Waals surface area contributed by atoms with Gasteiger partial charge in [0.15, 0.2) is 0 Å². The zero-order chi connectivity index (χ0) is 7.94. The fraction of sp³-hybridized carbons (Fsp3) is 0.556. The number of allylic oxidation sites excluding steroid dienone is 1. The lowest BCUT2D eigenvalue weighted by atomic mass is 9.96. The number of rotatable bonds is 0. The van der Waals surface area contributed by atoms with Crippen molar-refractivity contribution in [2.24, 2.45) is 0 Å². The van der Waals surface area contributed by atoms with E-state index in [0.717, 1.165) is 5.70 Å². The Hall–Kier alpha value is -0.720. The van der Waals surface area contributed by atoms with Crippen LogP contribution in [0, 0.1) is 0 Å². The van der Waals surface area contributed by atoms with E-state index in [2.05, 4.69) is 39.6 Å². The molecule has 1 aliphatic heterocycles. The lowest BCUT2D eigenvalue weighted by molar-refractivity contribution is 0.534. The summed E-state index contributed by atoms with van der Waals surface area (Å²) >= 11 is 0. The first-order chi connectivity index (χ1) is 4.45. The van der Waals surface area contributed by atoms with E-state index in [-0.39, 0.29) is 5.54 Å². The van der Waals surface area contributed by atoms with Gasteiger partial charge in [0.05, 0.1) is 5.54 Å². The van der Waals surface area contributed by atoms with Gasteiger partial charge in [-0.3, -0.25) is 0 Å². The van der Waals surface area contributed by atoms with Crippen molar-refractivity contribution in [3.05, 3.63) is 23.4 Å². The maximum absolute atomic E-state index is 3.91. The fourth-order valence-corrected chi connectivity index (χ4v) is 1.26. The van der Waals surface area contributed by atoms with Gasteiger partial charge in [0, 0.05) is 5.70 Å². The van der Waals surface area contributed by atoms with Gasteiger partial charge in [0.25, 0.3) is 0 Å². The van der Waals surface area contributed by atoms with Crippen molar-refractivity contribution < 1.29 is 0 Å². The molecule has 0 radical (unpaired) electrons. The Morgan fingerprint density at radius 1 is 1.30 bits per heavy atom. The second kappa shape index (κ2) is 1.88. The largest absolute Gasteiger partial charge is 0.377 e. The molecule has 1 nitrogen and oxygen atoms in total. The molecule has 1 rings (SSSR count).